The van der Waals surface area contributed by atoms with Crippen LogP contribution in [-0.4, -0.2) is 42.1 Å². The topological polar surface area (TPSA) is 84.9 Å². The van der Waals surface area contributed by atoms with E-state index in [-0.39, 0.29) is 10.8 Å². The molecule has 9 heteroatoms. The summed E-state index contributed by atoms with van der Waals surface area (Å²) in [5.41, 5.74) is 1.92. The first-order valence-electron chi connectivity index (χ1n) is 10.1. The van der Waals surface area contributed by atoms with Crippen LogP contribution in [-0.2, 0) is 16.4 Å². The molecule has 3 rings (SSSR count). The molecule has 1 amide bonds. The molecule has 0 bridgehead atoms. The van der Waals surface area contributed by atoms with Crippen LogP contribution in [0.25, 0.3) is 0 Å². The Labute approximate surface area is 198 Å². The Hall–Kier alpha value is -3.23. The molecule has 0 saturated heterocycles. The van der Waals surface area contributed by atoms with Crippen LogP contribution in [0.15, 0.2) is 71.6 Å². The first-order chi connectivity index (χ1) is 15.8. The molecule has 0 heterocycles. The van der Waals surface area contributed by atoms with E-state index in [4.69, 9.17) is 21.1 Å². The van der Waals surface area contributed by atoms with Crippen molar-refractivity contribution in [1.29, 1.82) is 0 Å². The Morgan fingerprint density at radius 3 is 2.18 bits per heavy atom. The minimum absolute atomic E-state index is 0.0617. The second-order valence-corrected chi connectivity index (χ2v) is 9.57. The van der Waals surface area contributed by atoms with Gasteiger partial charge in [0.25, 0.3) is 15.9 Å². The molecule has 7 nitrogen and oxygen atoms in total. The number of anilines is 1. The molecule has 0 aromatic heterocycles. The molecule has 1 N–H and O–H groups in total. The maximum atomic E-state index is 13.1. The molecule has 0 fully saturated rings. The zero-order chi connectivity index (χ0) is 24.0. The van der Waals surface area contributed by atoms with Gasteiger partial charge in [0.1, 0.15) is 0 Å². The quantitative estimate of drug-likeness (QED) is 0.489. The van der Waals surface area contributed by atoms with Crippen LogP contribution in [0.5, 0.6) is 11.5 Å². The molecule has 3 aromatic rings. The van der Waals surface area contributed by atoms with Crippen molar-refractivity contribution in [1.82, 2.24) is 5.32 Å². The predicted molar refractivity (Wildman–Crippen MR) is 129 cm³/mol. The van der Waals surface area contributed by atoms with Crippen molar-refractivity contribution in [3.05, 3.63) is 82.9 Å². The van der Waals surface area contributed by atoms with E-state index in [2.05, 4.69) is 5.32 Å². The van der Waals surface area contributed by atoms with Crippen molar-refractivity contribution in [3.8, 4) is 11.5 Å². The number of methoxy groups -OCH3 is 2. The molecule has 0 aliphatic carbocycles. The Morgan fingerprint density at radius 1 is 0.939 bits per heavy atom. The fraction of sp³-hybridized carbons (Fsp3) is 0.208. The minimum atomic E-state index is -3.84. The Morgan fingerprint density at radius 2 is 1.58 bits per heavy atom. The highest BCUT2D eigenvalue weighted by Gasteiger charge is 2.23. The van der Waals surface area contributed by atoms with Gasteiger partial charge in [-0.2, -0.15) is 0 Å². The van der Waals surface area contributed by atoms with Gasteiger partial charge in [-0.25, -0.2) is 8.42 Å². The van der Waals surface area contributed by atoms with Gasteiger partial charge in [0.2, 0.25) is 0 Å². The predicted octanol–water partition coefficient (Wildman–Crippen LogP) is 4.15. The number of benzene rings is 3. The second kappa shape index (κ2) is 10.6. The van der Waals surface area contributed by atoms with Gasteiger partial charge in [0, 0.05) is 30.2 Å². The van der Waals surface area contributed by atoms with Crippen molar-refractivity contribution in [2.75, 3.05) is 32.1 Å². The monoisotopic (exact) mass is 488 g/mol. The summed E-state index contributed by atoms with van der Waals surface area (Å²) < 4.78 is 37.6. The van der Waals surface area contributed by atoms with Gasteiger partial charge >= 0.3 is 0 Å². The molecule has 0 aliphatic heterocycles. The largest absolute Gasteiger partial charge is 0.493 e. The summed E-state index contributed by atoms with van der Waals surface area (Å²) in [5.74, 6) is 0.518. The highest BCUT2D eigenvalue weighted by Crippen LogP contribution is 2.31. The maximum Gasteiger partial charge on any atom is 0.264 e. The first kappa shape index (κ1) is 24.4. The minimum Gasteiger partial charge on any atom is -0.493 e. The van der Waals surface area contributed by atoms with Crippen LogP contribution in [0.4, 0.5) is 5.69 Å². The van der Waals surface area contributed by atoms with E-state index < -0.39 is 10.0 Å². The number of hydrogen-bond acceptors (Lipinski definition) is 5. The molecule has 0 spiro atoms. The van der Waals surface area contributed by atoms with Crippen LogP contribution < -0.4 is 19.1 Å². The summed E-state index contributed by atoms with van der Waals surface area (Å²) in [4.78, 5) is 12.5. The second-order valence-electron chi connectivity index (χ2n) is 7.17. The number of carbonyl (C=O) groups is 1. The number of nitrogens with zero attached hydrogens (tertiary/aromatic N) is 1. The van der Waals surface area contributed by atoms with E-state index in [1.54, 1.807) is 24.3 Å². The summed E-state index contributed by atoms with van der Waals surface area (Å²) in [5, 5.41) is 3.53. The summed E-state index contributed by atoms with van der Waals surface area (Å²) in [7, 11) is 0.530. The first-order valence-corrected chi connectivity index (χ1v) is 11.9. The molecule has 0 atom stereocenters. The Bertz CT molecular complexity index is 1210. The van der Waals surface area contributed by atoms with E-state index in [1.165, 1.54) is 39.5 Å². The summed E-state index contributed by atoms with van der Waals surface area (Å²) >= 11 is 5.88. The van der Waals surface area contributed by atoms with E-state index in [9.17, 15) is 13.2 Å². The molecular formula is C24H25ClN2O5S. The van der Waals surface area contributed by atoms with E-state index in [0.717, 1.165) is 9.87 Å². The third-order valence-electron chi connectivity index (χ3n) is 5.12. The van der Waals surface area contributed by atoms with Gasteiger partial charge in [-0.1, -0.05) is 23.7 Å². The number of rotatable bonds is 9. The SMILES string of the molecule is COc1ccc(S(=O)(=O)N(C)c2ccc(C(=O)NCCc3ccc(Cl)cc3)cc2)cc1OC. The van der Waals surface area contributed by atoms with Crippen LogP contribution >= 0.6 is 11.6 Å². The number of nitrogens with one attached hydrogen (secondary N) is 1. The highest BCUT2D eigenvalue weighted by molar-refractivity contribution is 7.92. The Balaban J connectivity index is 1.67. The lowest BCUT2D eigenvalue weighted by Gasteiger charge is -2.20. The summed E-state index contributed by atoms with van der Waals surface area (Å²) in [6, 6.07) is 18.2. The van der Waals surface area contributed by atoms with Gasteiger partial charge < -0.3 is 14.8 Å². The fourth-order valence-electron chi connectivity index (χ4n) is 3.17. The molecule has 0 unspecified atom stereocenters. The average molecular weight is 489 g/mol. The number of sulfonamides is 1. The number of hydrogen-bond donors (Lipinski definition) is 1. The number of ether oxygens (including phenoxy) is 2. The lowest BCUT2D eigenvalue weighted by Crippen LogP contribution is -2.27. The van der Waals surface area contributed by atoms with Crippen LogP contribution in [0, 0.1) is 0 Å². The zero-order valence-corrected chi connectivity index (χ0v) is 20.1. The van der Waals surface area contributed by atoms with Crippen LogP contribution in [0.3, 0.4) is 0 Å². The van der Waals surface area contributed by atoms with Crippen molar-refractivity contribution in [2.45, 2.75) is 11.3 Å². The number of amides is 1. The van der Waals surface area contributed by atoms with Crippen molar-refractivity contribution < 1.29 is 22.7 Å². The van der Waals surface area contributed by atoms with Crippen molar-refractivity contribution in [3.63, 3.8) is 0 Å². The molecule has 174 valence electrons. The molecule has 0 aliphatic rings. The van der Waals surface area contributed by atoms with Gasteiger partial charge in [0.05, 0.1) is 24.8 Å². The van der Waals surface area contributed by atoms with Crippen LogP contribution in [0.2, 0.25) is 5.02 Å². The smallest absolute Gasteiger partial charge is 0.264 e. The molecule has 0 saturated carbocycles. The summed E-state index contributed by atoms with van der Waals surface area (Å²) in [6.07, 6.45) is 0.674. The van der Waals surface area contributed by atoms with Crippen molar-refractivity contribution in [2.24, 2.45) is 0 Å². The van der Waals surface area contributed by atoms with E-state index >= 15 is 0 Å². The van der Waals surface area contributed by atoms with E-state index in [0.29, 0.717) is 40.7 Å². The average Bonchev–Trinajstić information content (AvgIpc) is 2.84. The highest BCUT2D eigenvalue weighted by atomic mass is 35.5. The lowest BCUT2D eigenvalue weighted by molar-refractivity contribution is 0.0954. The Kier molecular flexibility index (Phi) is 7.84. The van der Waals surface area contributed by atoms with Crippen molar-refractivity contribution >= 4 is 33.2 Å². The third-order valence-corrected chi connectivity index (χ3v) is 7.15. The van der Waals surface area contributed by atoms with Gasteiger partial charge in [-0.05, 0) is 60.5 Å². The zero-order valence-electron chi connectivity index (χ0n) is 18.5. The van der Waals surface area contributed by atoms with Gasteiger partial charge in [0.15, 0.2) is 11.5 Å². The van der Waals surface area contributed by atoms with Crippen LogP contribution in [0.1, 0.15) is 15.9 Å². The van der Waals surface area contributed by atoms with Gasteiger partial charge in [-0.3, -0.25) is 9.10 Å². The fourth-order valence-corrected chi connectivity index (χ4v) is 4.51. The summed E-state index contributed by atoms with van der Waals surface area (Å²) in [6.45, 7) is 0.468. The molecule has 33 heavy (non-hydrogen) atoms. The van der Waals surface area contributed by atoms with Gasteiger partial charge in [-0.15, -0.1) is 0 Å². The lowest BCUT2D eigenvalue weighted by atomic mass is 10.1. The number of carbonyl (C=O) groups excluding carboxylic acids is 1. The molecular weight excluding hydrogens is 464 g/mol. The number of halogens is 1. The standard InChI is InChI=1S/C24H25ClN2O5S/c1-27(33(29,30)21-12-13-22(31-2)23(16-21)32-3)20-10-6-18(7-11-20)24(28)26-15-14-17-4-8-19(25)9-5-17/h4-13,16H,14-15H2,1-3H3,(H,26,28). The van der Waals surface area contributed by atoms with E-state index in [1.807, 2.05) is 24.3 Å². The molecule has 0 radical (unpaired) electrons. The normalized spacial score (nSPS) is 11.0. The maximum absolute atomic E-state index is 13.1. The third kappa shape index (κ3) is 5.77. The molecule has 3 aromatic carbocycles.